The Morgan fingerprint density at radius 3 is 2.85 bits per heavy atom. The molecule has 102 valence electrons. The van der Waals surface area contributed by atoms with Crippen LogP contribution in [0.25, 0.3) is 16.9 Å². The molecule has 0 radical (unpaired) electrons. The van der Waals surface area contributed by atoms with Crippen LogP contribution in [0.3, 0.4) is 0 Å². The number of aromatic nitrogens is 3. The van der Waals surface area contributed by atoms with Crippen LogP contribution >= 0.6 is 11.6 Å². The molecule has 3 rings (SSSR count). The molecule has 4 nitrogen and oxygen atoms in total. The highest BCUT2D eigenvalue weighted by molar-refractivity contribution is 6.33. The van der Waals surface area contributed by atoms with Gasteiger partial charge >= 0.3 is 0 Å². The summed E-state index contributed by atoms with van der Waals surface area (Å²) in [7, 11) is 0. The number of hydrogen-bond acceptors (Lipinski definition) is 3. The van der Waals surface area contributed by atoms with E-state index in [1.165, 1.54) is 0 Å². The van der Waals surface area contributed by atoms with Crippen molar-refractivity contribution in [2.75, 3.05) is 6.61 Å². The Morgan fingerprint density at radius 1 is 1.20 bits per heavy atom. The molecule has 0 N–H and O–H groups in total. The fourth-order valence-electron chi connectivity index (χ4n) is 1.99. The largest absolute Gasteiger partial charge is 0.477 e. The number of hydrogen-bond donors (Lipinski definition) is 0. The molecule has 20 heavy (non-hydrogen) atoms. The summed E-state index contributed by atoms with van der Waals surface area (Å²) in [5.74, 6) is 0.589. The zero-order valence-corrected chi connectivity index (χ0v) is 11.8. The lowest BCUT2D eigenvalue weighted by atomic mass is 10.2. The van der Waals surface area contributed by atoms with Crippen molar-refractivity contribution in [3.8, 4) is 17.1 Å². The number of halogens is 1. The van der Waals surface area contributed by atoms with E-state index in [1.807, 2.05) is 36.4 Å². The quantitative estimate of drug-likeness (QED) is 0.732. The van der Waals surface area contributed by atoms with Crippen molar-refractivity contribution in [1.29, 1.82) is 0 Å². The monoisotopic (exact) mass is 287 g/mol. The first kappa shape index (κ1) is 12.9. The van der Waals surface area contributed by atoms with E-state index in [4.69, 9.17) is 16.3 Å². The van der Waals surface area contributed by atoms with E-state index >= 15 is 0 Å². The standard InChI is InChI=1S/C15H14ClN3O/c1-2-9-20-15-8-7-14-17-10-13(19(14)18-15)11-5-3-4-6-12(11)16/h3-8,10H,2,9H2,1H3. The molecule has 0 saturated carbocycles. The van der Waals surface area contributed by atoms with Gasteiger partial charge < -0.3 is 4.74 Å². The summed E-state index contributed by atoms with van der Waals surface area (Å²) in [5, 5.41) is 5.14. The second kappa shape index (κ2) is 5.51. The molecule has 2 heterocycles. The van der Waals surface area contributed by atoms with E-state index in [9.17, 15) is 0 Å². The van der Waals surface area contributed by atoms with Crippen LogP contribution in [0.2, 0.25) is 5.02 Å². The smallest absolute Gasteiger partial charge is 0.231 e. The van der Waals surface area contributed by atoms with Gasteiger partial charge in [0.15, 0.2) is 5.65 Å². The van der Waals surface area contributed by atoms with Crippen LogP contribution in [0, 0.1) is 0 Å². The second-order valence-corrected chi connectivity index (χ2v) is 4.82. The number of rotatable bonds is 4. The molecule has 0 atom stereocenters. The third-order valence-electron chi connectivity index (χ3n) is 2.94. The molecule has 0 bridgehead atoms. The maximum Gasteiger partial charge on any atom is 0.231 e. The fraction of sp³-hybridized carbons (Fsp3) is 0.200. The van der Waals surface area contributed by atoms with Crippen molar-refractivity contribution < 1.29 is 4.74 Å². The zero-order valence-electron chi connectivity index (χ0n) is 11.1. The molecule has 0 aliphatic carbocycles. The minimum absolute atomic E-state index is 0.589. The third-order valence-corrected chi connectivity index (χ3v) is 3.27. The van der Waals surface area contributed by atoms with Crippen molar-refractivity contribution >= 4 is 17.2 Å². The van der Waals surface area contributed by atoms with Crippen molar-refractivity contribution in [2.24, 2.45) is 0 Å². The van der Waals surface area contributed by atoms with E-state index < -0.39 is 0 Å². The summed E-state index contributed by atoms with van der Waals surface area (Å²) in [4.78, 5) is 4.34. The Labute approximate surface area is 122 Å². The van der Waals surface area contributed by atoms with E-state index in [0.717, 1.165) is 23.3 Å². The van der Waals surface area contributed by atoms with E-state index in [2.05, 4.69) is 17.0 Å². The molecular weight excluding hydrogens is 274 g/mol. The van der Waals surface area contributed by atoms with Crippen LogP contribution in [0.15, 0.2) is 42.6 Å². The lowest BCUT2D eigenvalue weighted by Crippen LogP contribution is -2.01. The minimum Gasteiger partial charge on any atom is -0.477 e. The molecular formula is C15H14ClN3O. The van der Waals surface area contributed by atoms with Crippen molar-refractivity contribution in [3.63, 3.8) is 0 Å². The van der Waals surface area contributed by atoms with Gasteiger partial charge in [-0.2, -0.15) is 0 Å². The molecule has 0 fully saturated rings. The maximum atomic E-state index is 6.24. The van der Waals surface area contributed by atoms with Gasteiger partial charge in [-0.1, -0.05) is 36.7 Å². The highest BCUT2D eigenvalue weighted by Crippen LogP contribution is 2.28. The highest BCUT2D eigenvalue weighted by atomic mass is 35.5. The zero-order chi connectivity index (χ0) is 13.9. The van der Waals surface area contributed by atoms with Gasteiger partial charge in [0.1, 0.15) is 0 Å². The lowest BCUT2D eigenvalue weighted by Gasteiger charge is -2.06. The van der Waals surface area contributed by atoms with Gasteiger partial charge in [-0.05, 0) is 18.6 Å². The summed E-state index contributed by atoms with van der Waals surface area (Å²) in [6, 6.07) is 11.4. The summed E-state index contributed by atoms with van der Waals surface area (Å²) in [5.41, 5.74) is 2.53. The van der Waals surface area contributed by atoms with Crippen LogP contribution in [0.1, 0.15) is 13.3 Å². The van der Waals surface area contributed by atoms with Crippen LogP contribution in [-0.4, -0.2) is 21.2 Å². The maximum absolute atomic E-state index is 6.24. The Morgan fingerprint density at radius 2 is 2.05 bits per heavy atom. The van der Waals surface area contributed by atoms with Crippen molar-refractivity contribution in [1.82, 2.24) is 14.6 Å². The van der Waals surface area contributed by atoms with Gasteiger partial charge in [0.25, 0.3) is 0 Å². The predicted octanol–water partition coefficient (Wildman–Crippen LogP) is 3.84. The van der Waals surface area contributed by atoms with Gasteiger partial charge in [0, 0.05) is 11.6 Å². The Bertz CT molecular complexity index is 739. The van der Waals surface area contributed by atoms with Crippen molar-refractivity contribution in [2.45, 2.75) is 13.3 Å². The Balaban J connectivity index is 2.10. The molecule has 1 aromatic carbocycles. The summed E-state index contributed by atoms with van der Waals surface area (Å²) in [6.45, 7) is 2.71. The summed E-state index contributed by atoms with van der Waals surface area (Å²) >= 11 is 6.24. The highest BCUT2D eigenvalue weighted by Gasteiger charge is 2.10. The predicted molar refractivity (Wildman–Crippen MR) is 79.2 cm³/mol. The second-order valence-electron chi connectivity index (χ2n) is 4.41. The van der Waals surface area contributed by atoms with Crippen LogP contribution in [0.5, 0.6) is 5.88 Å². The molecule has 2 aromatic heterocycles. The SMILES string of the molecule is CCCOc1ccc2ncc(-c3ccccc3Cl)n2n1. The van der Waals surface area contributed by atoms with E-state index in [1.54, 1.807) is 10.7 Å². The number of fused-ring (bicyclic) bond motifs is 1. The molecule has 3 aromatic rings. The van der Waals surface area contributed by atoms with Gasteiger partial charge in [0.05, 0.1) is 23.5 Å². The Kier molecular flexibility index (Phi) is 3.56. The topological polar surface area (TPSA) is 39.4 Å². The molecule has 0 spiro atoms. The number of benzene rings is 1. The first-order valence-electron chi connectivity index (χ1n) is 6.52. The number of nitrogens with zero attached hydrogens (tertiary/aromatic N) is 3. The molecule has 5 heteroatoms. The van der Waals surface area contributed by atoms with E-state index in [0.29, 0.717) is 17.5 Å². The molecule has 0 saturated heterocycles. The lowest BCUT2D eigenvalue weighted by molar-refractivity contribution is 0.300. The van der Waals surface area contributed by atoms with Gasteiger partial charge in [-0.15, -0.1) is 5.10 Å². The van der Waals surface area contributed by atoms with Crippen LogP contribution < -0.4 is 4.74 Å². The van der Waals surface area contributed by atoms with Gasteiger partial charge in [-0.3, -0.25) is 0 Å². The first-order valence-corrected chi connectivity index (χ1v) is 6.90. The molecule has 0 unspecified atom stereocenters. The molecule has 0 aliphatic heterocycles. The Hall–Kier alpha value is -2.07. The van der Waals surface area contributed by atoms with Crippen LogP contribution in [-0.2, 0) is 0 Å². The summed E-state index contributed by atoms with van der Waals surface area (Å²) in [6.07, 6.45) is 2.72. The van der Waals surface area contributed by atoms with Gasteiger partial charge in [-0.25, -0.2) is 9.50 Å². The average Bonchev–Trinajstić information content (AvgIpc) is 2.88. The van der Waals surface area contributed by atoms with E-state index in [-0.39, 0.29) is 0 Å². The van der Waals surface area contributed by atoms with Crippen LogP contribution in [0.4, 0.5) is 0 Å². The average molecular weight is 288 g/mol. The van der Waals surface area contributed by atoms with Crippen molar-refractivity contribution in [3.05, 3.63) is 47.6 Å². The number of ether oxygens (including phenoxy) is 1. The normalized spacial score (nSPS) is 10.9. The third kappa shape index (κ3) is 2.34. The first-order chi connectivity index (χ1) is 9.79. The molecule has 0 aliphatic rings. The molecule has 0 amide bonds. The fourth-order valence-corrected chi connectivity index (χ4v) is 2.23. The van der Waals surface area contributed by atoms with Gasteiger partial charge in [0.2, 0.25) is 5.88 Å². The summed E-state index contributed by atoms with van der Waals surface area (Å²) < 4.78 is 7.32. The minimum atomic E-state index is 0.589. The number of imidazole rings is 1.